The Bertz CT molecular complexity index is 827. The first-order valence-corrected chi connectivity index (χ1v) is 6.25. The van der Waals surface area contributed by atoms with Gasteiger partial charge in [-0.25, -0.2) is 4.98 Å². The fourth-order valence-corrected chi connectivity index (χ4v) is 2.09. The summed E-state index contributed by atoms with van der Waals surface area (Å²) in [5.74, 6) is 0.0240. The zero-order valence-electron chi connectivity index (χ0n) is 10.4. The molecule has 0 bridgehead atoms. The van der Waals surface area contributed by atoms with Crippen molar-refractivity contribution in [2.24, 2.45) is 0 Å². The van der Waals surface area contributed by atoms with Crippen molar-refractivity contribution in [3.05, 3.63) is 47.0 Å². The second-order valence-corrected chi connectivity index (χ2v) is 4.87. The summed E-state index contributed by atoms with van der Waals surface area (Å²) in [4.78, 5) is 4.14. The van der Waals surface area contributed by atoms with E-state index in [0.717, 1.165) is 12.1 Å². The molecule has 0 aliphatic rings. The fraction of sp³-hybridized carbons (Fsp3) is 0.0714. The standard InChI is InChI=1S/C14H8ClF3N2O/c15-8-2-4-11-12(6-8)21-13(20-11)9-5-7(14(16,17)18)1-3-10(9)19/h1-6H,19H2. The van der Waals surface area contributed by atoms with Gasteiger partial charge in [0.05, 0.1) is 11.1 Å². The van der Waals surface area contributed by atoms with Crippen LogP contribution in [0.3, 0.4) is 0 Å². The van der Waals surface area contributed by atoms with E-state index in [2.05, 4.69) is 4.98 Å². The lowest BCUT2D eigenvalue weighted by Gasteiger charge is -2.09. The van der Waals surface area contributed by atoms with Gasteiger partial charge in [-0.15, -0.1) is 0 Å². The van der Waals surface area contributed by atoms with E-state index in [4.69, 9.17) is 21.8 Å². The second kappa shape index (κ2) is 4.66. The molecule has 0 amide bonds. The second-order valence-electron chi connectivity index (χ2n) is 4.43. The molecule has 3 rings (SSSR count). The van der Waals surface area contributed by atoms with Crippen molar-refractivity contribution in [1.82, 2.24) is 4.98 Å². The summed E-state index contributed by atoms with van der Waals surface area (Å²) < 4.78 is 43.7. The first-order chi connectivity index (χ1) is 9.84. The van der Waals surface area contributed by atoms with Crippen LogP contribution in [0.2, 0.25) is 5.02 Å². The van der Waals surface area contributed by atoms with Crippen LogP contribution >= 0.6 is 11.6 Å². The van der Waals surface area contributed by atoms with E-state index in [0.29, 0.717) is 16.1 Å². The molecule has 0 aliphatic carbocycles. The average Bonchev–Trinajstić information content (AvgIpc) is 2.80. The van der Waals surface area contributed by atoms with Gasteiger partial charge in [-0.3, -0.25) is 0 Å². The Morgan fingerprint density at radius 1 is 1.10 bits per heavy atom. The molecule has 0 unspecified atom stereocenters. The van der Waals surface area contributed by atoms with Gasteiger partial charge in [-0.05, 0) is 30.3 Å². The molecule has 0 fully saturated rings. The van der Waals surface area contributed by atoms with Gasteiger partial charge in [0.1, 0.15) is 5.52 Å². The number of benzene rings is 2. The van der Waals surface area contributed by atoms with E-state index in [9.17, 15) is 13.2 Å². The molecule has 1 aromatic heterocycles. The van der Waals surface area contributed by atoms with E-state index in [1.807, 2.05) is 0 Å². The predicted molar refractivity (Wildman–Crippen MR) is 73.9 cm³/mol. The topological polar surface area (TPSA) is 52.0 Å². The van der Waals surface area contributed by atoms with Crippen LogP contribution in [0.5, 0.6) is 0 Å². The summed E-state index contributed by atoms with van der Waals surface area (Å²) in [6, 6.07) is 7.79. The van der Waals surface area contributed by atoms with Gasteiger partial charge in [0.15, 0.2) is 5.58 Å². The number of hydrogen-bond donors (Lipinski definition) is 1. The number of halogens is 4. The Morgan fingerprint density at radius 2 is 1.86 bits per heavy atom. The van der Waals surface area contributed by atoms with Gasteiger partial charge in [0.25, 0.3) is 0 Å². The average molecular weight is 313 g/mol. The monoisotopic (exact) mass is 312 g/mol. The van der Waals surface area contributed by atoms with Crippen LogP contribution in [-0.2, 0) is 6.18 Å². The van der Waals surface area contributed by atoms with Gasteiger partial charge in [-0.1, -0.05) is 11.6 Å². The lowest BCUT2D eigenvalue weighted by atomic mass is 10.1. The number of oxazole rings is 1. The van der Waals surface area contributed by atoms with Crippen molar-refractivity contribution >= 4 is 28.4 Å². The molecular formula is C14H8ClF3N2O. The highest BCUT2D eigenvalue weighted by Gasteiger charge is 2.31. The van der Waals surface area contributed by atoms with Crippen LogP contribution in [0.25, 0.3) is 22.6 Å². The van der Waals surface area contributed by atoms with Crippen LogP contribution in [0, 0.1) is 0 Å². The highest BCUT2D eigenvalue weighted by molar-refractivity contribution is 6.31. The predicted octanol–water partition coefficient (Wildman–Crippen LogP) is 4.75. The van der Waals surface area contributed by atoms with Gasteiger partial charge < -0.3 is 10.2 Å². The SMILES string of the molecule is Nc1ccc(C(F)(F)F)cc1-c1nc2ccc(Cl)cc2o1. The molecule has 108 valence electrons. The number of nitrogens with zero attached hydrogens (tertiary/aromatic N) is 1. The fourth-order valence-electron chi connectivity index (χ4n) is 1.93. The number of nitrogen functional groups attached to an aromatic ring is 1. The highest BCUT2D eigenvalue weighted by Crippen LogP contribution is 2.36. The number of rotatable bonds is 1. The summed E-state index contributed by atoms with van der Waals surface area (Å²) in [6.07, 6.45) is -4.46. The molecule has 0 saturated carbocycles. The summed E-state index contributed by atoms with van der Waals surface area (Å²) in [7, 11) is 0. The third-order valence-corrected chi connectivity index (χ3v) is 3.20. The number of hydrogen-bond acceptors (Lipinski definition) is 3. The molecule has 0 aliphatic heterocycles. The van der Waals surface area contributed by atoms with Crippen molar-refractivity contribution in [2.75, 3.05) is 5.73 Å². The molecule has 3 aromatic rings. The molecule has 2 N–H and O–H groups in total. The van der Waals surface area contributed by atoms with E-state index in [1.165, 1.54) is 12.1 Å². The van der Waals surface area contributed by atoms with Crippen molar-refractivity contribution in [3.8, 4) is 11.5 Å². The molecule has 21 heavy (non-hydrogen) atoms. The van der Waals surface area contributed by atoms with Gasteiger partial charge in [-0.2, -0.15) is 13.2 Å². The lowest BCUT2D eigenvalue weighted by molar-refractivity contribution is -0.137. The maximum atomic E-state index is 12.8. The van der Waals surface area contributed by atoms with Crippen LogP contribution < -0.4 is 5.73 Å². The molecule has 0 saturated heterocycles. The van der Waals surface area contributed by atoms with Gasteiger partial charge >= 0.3 is 6.18 Å². The highest BCUT2D eigenvalue weighted by atomic mass is 35.5. The smallest absolute Gasteiger partial charge is 0.416 e. The minimum absolute atomic E-state index is 0.0240. The minimum atomic E-state index is -4.46. The molecule has 2 aromatic carbocycles. The third-order valence-electron chi connectivity index (χ3n) is 2.96. The van der Waals surface area contributed by atoms with Gasteiger partial charge in [0, 0.05) is 16.8 Å². The van der Waals surface area contributed by atoms with Crippen molar-refractivity contribution in [1.29, 1.82) is 0 Å². The Morgan fingerprint density at radius 3 is 2.57 bits per heavy atom. The number of anilines is 1. The molecule has 0 spiro atoms. The van der Waals surface area contributed by atoms with Gasteiger partial charge in [0.2, 0.25) is 5.89 Å². The van der Waals surface area contributed by atoms with E-state index >= 15 is 0 Å². The van der Waals surface area contributed by atoms with Crippen molar-refractivity contribution < 1.29 is 17.6 Å². The maximum Gasteiger partial charge on any atom is 0.416 e. The molecule has 0 radical (unpaired) electrons. The molecule has 7 heteroatoms. The number of nitrogens with two attached hydrogens (primary N) is 1. The van der Waals surface area contributed by atoms with Crippen LogP contribution in [-0.4, -0.2) is 4.98 Å². The summed E-state index contributed by atoms with van der Waals surface area (Å²) in [6.45, 7) is 0. The minimum Gasteiger partial charge on any atom is -0.436 e. The molecular weight excluding hydrogens is 305 g/mol. The zero-order chi connectivity index (χ0) is 15.2. The van der Waals surface area contributed by atoms with Crippen LogP contribution in [0.15, 0.2) is 40.8 Å². The Hall–Kier alpha value is -2.21. The van der Waals surface area contributed by atoms with Crippen molar-refractivity contribution in [2.45, 2.75) is 6.18 Å². The molecule has 1 heterocycles. The molecule has 0 atom stereocenters. The zero-order valence-corrected chi connectivity index (χ0v) is 11.2. The Kier molecular flexibility index (Phi) is 3.06. The first kappa shape index (κ1) is 13.8. The normalized spacial score (nSPS) is 12.0. The van der Waals surface area contributed by atoms with Crippen LogP contribution in [0.1, 0.15) is 5.56 Å². The molecule has 3 nitrogen and oxygen atoms in total. The van der Waals surface area contributed by atoms with Crippen LogP contribution in [0.4, 0.5) is 18.9 Å². The Balaban J connectivity index is 2.17. The lowest BCUT2D eigenvalue weighted by Crippen LogP contribution is -2.05. The summed E-state index contributed by atoms with van der Waals surface area (Å²) in [5, 5.41) is 0.446. The number of fused-ring (bicyclic) bond motifs is 1. The summed E-state index contributed by atoms with van der Waals surface area (Å²) in [5.41, 5.74) is 6.03. The van der Waals surface area contributed by atoms with E-state index in [-0.39, 0.29) is 17.1 Å². The quantitative estimate of drug-likeness (QED) is 0.660. The third kappa shape index (κ3) is 2.54. The largest absolute Gasteiger partial charge is 0.436 e. The Labute approximate surface area is 122 Å². The first-order valence-electron chi connectivity index (χ1n) is 5.88. The van der Waals surface area contributed by atoms with E-state index in [1.54, 1.807) is 12.1 Å². The van der Waals surface area contributed by atoms with Crippen molar-refractivity contribution in [3.63, 3.8) is 0 Å². The number of alkyl halides is 3. The van der Waals surface area contributed by atoms with E-state index < -0.39 is 11.7 Å². The summed E-state index contributed by atoms with van der Waals surface area (Å²) >= 11 is 5.83. The number of aromatic nitrogens is 1. The maximum absolute atomic E-state index is 12.8.